The molecule has 1 aliphatic heterocycles. The molecule has 0 saturated carbocycles. The summed E-state index contributed by atoms with van der Waals surface area (Å²) < 4.78 is 10.6. The lowest BCUT2D eigenvalue weighted by atomic mass is 9.99. The summed E-state index contributed by atoms with van der Waals surface area (Å²) in [6.45, 7) is 9.28. The van der Waals surface area contributed by atoms with E-state index < -0.39 is 11.7 Å². The number of furan rings is 1. The van der Waals surface area contributed by atoms with Gasteiger partial charge in [-0.2, -0.15) is 0 Å². The lowest BCUT2D eigenvalue weighted by Crippen LogP contribution is -2.44. The van der Waals surface area contributed by atoms with E-state index in [0.29, 0.717) is 16.9 Å². The molecule has 0 aliphatic carbocycles. The van der Waals surface area contributed by atoms with Crippen molar-refractivity contribution >= 4 is 23.3 Å². The Balaban J connectivity index is 1.53. The zero-order valence-electron chi connectivity index (χ0n) is 20.7. The second kappa shape index (κ2) is 10.3. The van der Waals surface area contributed by atoms with Gasteiger partial charge in [0.1, 0.15) is 11.3 Å². The number of aromatic nitrogens is 1. The molecule has 3 aromatic rings. The van der Waals surface area contributed by atoms with Gasteiger partial charge in [-0.15, -0.1) is 0 Å². The van der Waals surface area contributed by atoms with Crippen molar-refractivity contribution in [3.63, 3.8) is 0 Å². The van der Waals surface area contributed by atoms with Gasteiger partial charge in [-0.05, 0) is 69.3 Å². The Morgan fingerprint density at radius 3 is 2.46 bits per heavy atom. The van der Waals surface area contributed by atoms with Crippen molar-refractivity contribution in [2.45, 2.75) is 32.8 Å². The molecular weight excluding hydrogens is 444 g/mol. The van der Waals surface area contributed by atoms with E-state index in [1.807, 2.05) is 24.3 Å². The molecule has 0 atom stereocenters. The normalized spacial score (nSPS) is 14.6. The molecule has 1 amide bonds. The van der Waals surface area contributed by atoms with E-state index in [1.165, 1.54) is 0 Å². The molecule has 0 bridgehead atoms. The van der Waals surface area contributed by atoms with Crippen molar-refractivity contribution in [3.05, 3.63) is 66.4 Å². The maximum absolute atomic E-state index is 13.2. The van der Waals surface area contributed by atoms with Crippen molar-refractivity contribution in [1.82, 2.24) is 9.88 Å². The Labute approximate surface area is 205 Å². The molecule has 2 aromatic heterocycles. The van der Waals surface area contributed by atoms with Gasteiger partial charge < -0.3 is 19.0 Å². The number of hydrogen-bond acceptors (Lipinski definition) is 7. The Hall–Kier alpha value is -3.65. The van der Waals surface area contributed by atoms with Gasteiger partial charge in [0.2, 0.25) is 0 Å². The summed E-state index contributed by atoms with van der Waals surface area (Å²) in [5, 5.41) is 2.78. The summed E-state index contributed by atoms with van der Waals surface area (Å²) in [6, 6.07) is 11.1. The van der Waals surface area contributed by atoms with Gasteiger partial charge in [0.25, 0.3) is 0 Å². The highest BCUT2D eigenvalue weighted by Gasteiger charge is 2.20. The van der Waals surface area contributed by atoms with Gasteiger partial charge in [0.05, 0.1) is 24.4 Å². The van der Waals surface area contributed by atoms with Crippen LogP contribution in [0, 0.1) is 0 Å². The summed E-state index contributed by atoms with van der Waals surface area (Å²) in [5.74, 6) is -0.133. The predicted molar refractivity (Wildman–Crippen MR) is 136 cm³/mol. The second-order valence-electron chi connectivity index (χ2n) is 9.80. The molecule has 0 radical (unpaired) electrons. The molecular formula is C27H32N4O4. The molecule has 4 rings (SSSR count). The molecule has 1 aromatic carbocycles. The number of amides is 1. The third kappa shape index (κ3) is 6.48. The summed E-state index contributed by atoms with van der Waals surface area (Å²) >= 11 is 0. The van der Waals surface area contributed by atoms with E-state index in [0.717, 1.165) is 43.0 Å². The zero-order chi connectivity index (χ0) is 25.0. The van der Waals surface area contributed by atoms with E-state index >= 15 is 0 Å². The van der Waals surface area contributed by atoms with Crippen LogP contribution < -0.4 is 10.2 Å². The number of Topliss-reactive ketones (excluding diaryl/α,β-unsaturated/α-hetero) is 1. The largest absolute Gasteiger partial charge is 0.472 e. The van der Waals surface area contributed by atoms with Crippen LogP contribution in [0.4, 0.5) is 16.2 Å². The SMILES string of the molecule is CN1CCN(c2ccc(C(=O)Cc3cc(-c4ccoc4)ccc3NC(=O)OC(C)(C)C)nc2)CC1. The summed E-state index contributed by atoms with van der Waals surface area (Å²) in [5.41, 5.74) is 3.74. The molecule has 3 heterocycles. The average Bonchev–Trinajstić information content (AvgIpc) is 3.35. The lowest BCUT2D eigenvalue weighted by molar-refractivity contribution is 0.0635. The highest BCUT2D eigenvalue weighted by molar-refractivity contribution is 5.98. The highest BCUT2D eigenvalue weighted by Crippen LogP contribution is 2.27. The number of anilines is 2. The van der Waals surface area contributed by atoms with Crippen molar-refractivity contribution in [2.75, 3.05) is 43.4 Å². The number of ether oxygens (including phenoxy) is 1. The van der Waals surface area contributed by atoms with Crippen LogP contribution in [0.1, 0.15) is 36.8 Å². The molecule has 8 heteroatoms. The Morgan fingerprint density at radius 2 is 1.83 bits per heavy atom. The summed E-state index contributed by atoms with van der Waals surface area (Å²) in [4.78, 5) is 34.6. The van der Waals surface area contributed by atoms with E-state index in [9.17, 15) is 9.59 Å². The van der Waals surface area contributed by atoms with Crippen LogP contribution in [0.3, 0.4) is 0 Å². The number of benzene rings is 1. The standard InChI is InChI=1S/C27H32N4O4/c1-27(2,3)35-26(33)29-23-7-5-19(20-9-14-34-18-20)15-21(23)16-25(32)24-8-6-22(17-28-24)31-12-10-30(4)11-13-31/h5-9,14-15,17-18H,10-13,16H2,1-4H3,(H,29,33). The number of rotatable bonds is 6. The number of carbonyl (C=O) groups excluding carboxylic acids is 2. The monoisotopic (exact) mass is 476 g/mol. The number of ketones is 1. The zero-order valence-corrected chi connectivity index (χ0v) is 20.7. The van der Waals surface area contributed by atoms with Crippen LogP contribution in [0.2, 0.25) is 0 Å². The van der Waals surface area contributed by atoms with Gasteiger partial charge in [-0.3, -0.25) is 15.1 Å². The average molecular weight is 477 g/mol. The molecule has 35 heavy (non-hydrogen) atoms. The topological polar surface area (TPSA) is 87.9 Å². The number of likely N-dealkylation sites (N-methyl/N-ethyl adjacent to an activating group) is 1. The number of pyridine rings is 1. The van der Waals surface area contributed by atoms with Crippen molar-refractivity contribution in [1.29, 1.82) is 0 Å². The first kappa shape index (κ1) is 24.5. The molecule has 1 N–H and O–H groups in total. The first-order valence-electron chi connectivity index (χ1n) is 11.8. The third-order valence-electron chi connectivity index (χ3n) is 5.85. The van der Waals surface area contributed by atoms with Crippen molar-refractivity contribution < 1.29 is 18.7 Å². The number of nitrogens with zero attached hydrogens (tertiary/aromatic N) is 3. The molecule has 184 valence electrons. The third-order valence-corrected chi connectivity index (χ3v) is 5.85. The minimum absolute atomic E-state index is 0.0810. The number of piperazine rings is 1. The van der Waals surface area contributed by atoms with E-state index in [4.69, 9.17) is 9.15 Å². The first-order valence-corrected chi connectivity index (χ1v) is 11.8. The van der Waals surface area contributed by atoms with Gasteiger partial charge >= 0.3 is 6.09 Å². The van der Waals surface area contributed by atoms with Crippen molar-refractivity contribution in [2.24, 2.45) is 0 Å². The highest BCUT2D eigenvalue weighted by atomic mass is 16.6. The van der Waals surface area contributed by atoms with E-state index in [1.54, 1.807) is 51.6 Å². The molecule has 1 aliphatic rings. The molecule has 0 unspecified atom stereocenters. The predicted octanol–water partition coefficient (Wildman–Crippen LogP) is 4.87. The van der Waals surface area contributed by atoms with Gasteiger partial charge in [-0.25, -0.2) is 4.79 Å². The first-order chi connectivity index (χ1) is 16.7. The van der Waals surface area contributed by atoms with E-state index in [-0.39, 0.29) is 12.2 Å². The number of hydrogen-bond donors (Lipinski definition) is 1. The fourth-order valence-corrected chi connectivity index (χ4v) is 3.95. The fraction of sp³-hybridized carbons (Fsp3) is 0.370. The molecule has 0 spiro atoms. The molecule has 8 nitrogen and oxygen atoms in total. The Morgan fingerprint density at radius 1 is 1.06 bits per heavy atom. The van der Waals surface area contributed by atoms with Gasteiger partial charge in [0, 0.05) is 43.9 Å². The quantitative estimate of drug-likeness (QED) is 0.508. The Kier molecular flexibility index (Phi) is 7.21. The summed E-state index contributed by atoms with van der Waals surface area (Å²) in [7, 11) is 2.12. The maximum Gasteiger partial charge on any atom is 0.412 e. The minimum Gasteiger partial charge on any atom is -0.472 e. The van der Waals surface area contributed by atoms with Crippen LogP contribution in [0.15, 0.2) is 59.5 Å². The second-order valence-corrected chi connectivity index (χ2v) is 9.80. The van der Waals surface area contributed by atoms with Gasteiger partial charge in [-0.1, -0.05) is 6.07 Å². The van der Waals surface area contributed by atoms with Crippen LogP contribution in [-0.4, -0.2) is 60.6 Å². The molecule has 1 saturated heterocycles. The smallest absolute Gasteiger partial charge is 0.412 e. The van der Waals surface area contributed by atoms with E-state index in [2.05, 4.69) is 27.1 Å². The minimum atomic E-state index is -0.633. The van der Waals surface area contributed by atoms with Crippen LogP contribution in [-0.2, 0) is 11.2 Å². The fourth-order valence-electron chi connectivity index (χ4n) is 3.95. The number of nitrogens with one attached hydrogen (secondary N) is 1. The van der Waals surface area contributed by atoms with Crippen LogP contribution >= 0.6 is 0 Å². The van der Waals surface area contributed by atoms with Crippen molar-refractivity contribution in [3.8, 4) is 11.1 Å². The van der Waals surface area contributed by atoms with Gasteiger partial charge in [0.15, 0.2) is 5.78 Å². The Bertz CT molecular complexity index is 1160. The molecule has 1 fully saturated rings. The maximum atomic E-state index is 13.2. The lowest BCUT2D eigenvalue weighted by Gasteiger charge is -2.33. The summed E-state index contributed by atoms with van der Waals surface area (Å²) in [6.07, 6.45) is 4.51. The van der Waals surface area contributed by atoms with Crippen LogP contribution in [0.25, 0.3) is 11.1 Å². The van der Waals surface area contributed by atoms with Crippen LogP contribution in [0.5, 0.6) is 0 Å². The number of carbonyl (C=O) groups is 2.